The molecule has 122 valence electrons. The van der Waals surface area contributed by atoms with Crippen molar-refractivity contribution in [2.75, 3.05) is 12.4 Å². The zero-order valence-corrected chi connectivity index (χ0v) is 14.4. The second-order valence-electron chi connectivity index (χ2n) is 5.36. The van der Waals surface area contributed by atoms with Crippen molar-refractivity contribution in [1.82, 2.24) is 4.98 Å². The van der Waals surface area contributed by atoms with Gasteiger partial charge in [-0.3, -0.25) is 4.79 Å². The van der Waals surface area contributed by atoms with Crippen molar-refractivity contribution in [2.24, 2.45) is 0 Å². The molecule has 1 aromatic heterocycles. The van der Waals surface area contributed by atoms with Gasteiger partial charge in [0.25, 0.3) is 5.91 Å². The first kappa shape index (κ1) is 16.5. The van der Waals surface area contributed by atoms with Gasteiger partial charge in [-0.15, -0.1) is 11.3 Å². The monoisotopic (exact) mass is 359 g/mol. The highest BCUT2D eigenvalue weighted by molar-refractivity contribution is 7.09. The molecule has 24 heavy (non-hydrogen) atoms. The minimum atomic E-state index is -0.500. The van der Waals surface area contributed by atoms with Gasteiger partial charge >= 0.3 is 0 Å². The van der Waals surface area contributed by atoms with E-state index in [2.05, 4.69) is 10.3 Å². The third kappa shape index (κ3) is 3.75. The van der Waals surface area contributed by atoms with Gasteiger partial charge in [0.2, 0.25) is 0 Å². The fourth-order valence-corrected chi connectivity index (χ4v) is 3.33. The van der Waals surface area contributed by atoms with E-state index < -0.39 is 5.91 Å². The molecule has 0 spiro atoms. The van der Waals surface area contributed by atoms with E-state index in [0.29, 0.717) is 28.1 Å². The Labute approximate surface area is 148 Å². The molecule has 1 amide bonds. The number of methoxy groups -OCH3 is 1. The first-order valence-corrected chi connectivity index (χ1v) is 8.58. The van der Waals surface area contributed by atoms with Crippen LogP contribution in [0.15, 0.2) is 29.2 Å². The molecule has 0 saturated heterocycles. The molecule has 0 radical (unpaired) electrons. The van der Waals surface area contributed by atoms with Crippen molar-refractivity contribution in [3.05, 3.63) is 44.9 Å². The highest BCUT2D eigenvalue weighted by Crippen LogP contribution is 2.41. The fraction of sp³-hybridized carbons (Fsp3) is 0.235. The first-order chi connectivity index (χ1) is 11.6. The average Bonchev–Trinajstić information content (AvgIpc) is 3.32. The Kier molecular flexibility index (Phi) is 4.84. The maximum atomic E-state index is 12.3. The minimum Gasteiger partial charge on any atom is -0.495 e. The van der Waals surface area contributed by atoms with Crippen molar-refractivity contribution in [1.29, 1.82) is 5.26 Å². The topological polar surface area (TPSA) is 75.0 Å². The molecule has 0 aliphatic heterocycles. The lowest BCUT2D eigenvalue weighted by Gasteiger charge is -2.07. The summed E-state index contributed by atoms with van der Waals surface area (Å²) in [5.41, 5.74) is 1.12. The third-order valence-electron chi connectivity index (χ3n) is 3.53. The molecule has 0 atom stereocenters. The number of nitrogens with one attached hydrogen (secondary N) is 1. The van der Waals surface area contributed by atoms with E-state index in [1.54, 1.807) is 29.5 Å². The lowest BCUT2D eigenvalue weighted by Crippen LogP contribution is -2.13. The number of halogens is 1. The Morgan fingerprint density at radius 3 is 2.96 bits per heavy atom. The summed E-state index contributed by atoms with van der Waals surface area (Å²) in [6, 6.07) is 6.80. The Bertz CT molecular complexity index is 850. The summed E-state index contributed by atoms with van der Waals surface area (Å²) in [5.74, 6) is 0.568. The molecule has 1 heterocycles. The number of benzene rings is 1. The average molecular weight is 360 g/mol. The Hall–Kier alpha value is -2.36. The summed E-state index contributed by atoms with van der Waals surface area (Å²) in [4.78, 5) is 16.7. The van der Waals surface area contributed by atoms with Crippen molar-refractivity contribution in [3.8, 4) is 11.8 Å². The number of hydrogen-bond acceptors (Lipinski definition) is 5. The van der Waals surface area contributed by atoms with Crippen LogP contribution in [0.1, 0.15) is 29.5 Å². The minimum absolute atomic E-state index is 0.00501. The smallest absolute Gasteiger partial charge is 0.266 e. The van der Waals surface area contributed by atoms with Crippen LogP contribution in [0.3, 0.4) is 0 Å². The number of carbonyl (C=O) groups is 1. The Morgan fingerprint density at radius 2 is 2.33 bits per heavy atom. The summed E-state index contributed by atoms with van der Waals surface area (Å²) in [6.45, 7) is 0. The third-order valence-corrected chi connectivity index (χ3v) is 4.85. The molecule has 0 bridgehead atoms. The maximum Gasteiger partial charge on any atom is 0.266 e. The van der Waals surface area contributed by atoms with Crippen molar-refractivity contribution in [3.63, 3.8) is 0 Å². The van der Waals surface area contributed by atoms with Crippen molar-refractivity contribution in [2.45, 2.75) is 18.8 Å². The Balaban J connectivity index is 1.74. The molecule has 1 N–H and O–H groups in total. The predicted octanol–water partition coefficient (Wildman–Crippen LogP) is 4.23. The standard InChI is InChI=1S/C17H14ClN3O2S/c1-23-15-5-4-12(7-14(15)18)20-16(22)11(8-19)6-13-9-24-17(21-13)10-2-3-10/h4-7,9-10H,2-3H2,1H3,(H,20,22). The second-order valence-corrected chi connectivity index (χ2v) is 6.66. The van der Waals surface area contributed by atoms with Gasteiger partial charge in [0.1, 0.15) is 17.4 Å². The highest BCUT2D eigenvalue weighted by atomic mass is 35.5. The largest absolute Gasteiger partial charge is 0.495 e. The molecule has 1 saturated carbocycles. The summed E-state index contributed by atoms with van der Waals surface area (Å²) >= 11 is 7.60. The predicted molar refractivity (Wildman–Crippen MR) is 94.3 cm³/mol. The number of hydrogen-bond donors (Lipinski definition) is 1. The van der Waals surface area contributed by atoms with E-state index in [1.807, 2.05) is 11.4 Å². The summed E-state index contributed by atoms with van der Waals surface area (Å²) in [7, 11) is 1.51. The number of amides is 1. The van der Waals surface area contributed by atoms with Gasteiger partial charge in [-0.25, -0.2) is 4.98 Å². The zero-order chi connectivity index (χ0) is 17.1. The number of nitrogens with zero attached hydrogens (tertiary/aromatic N) is 2. The molecular weight excluding hydrogens is 346 g/mol. The molecular formula is C17H14ClN3O2S. The van der Waals surface area contributed by atoms with Crippen LogP contribution >= 0.6 is 22.9 Å². The van der Waals surface area contributed by atoms with Crippen LogP contribution in [0.2, 0.25) is 5.02 Å². The van der Waals surface area contributed by atoms with Gasteiger partial charge in [0.15, 0.2) is 0 Å². The highest BCUT2D eigenvalue weighted by Gasteiger charge is 2.26. The lowest BCUT2D eigenvalue weighted by molar-refractivity contribution is -0.112. The fourth-order valence-electron chi connectivity index (χ4n) is 2.12. The number of nitriles is 1. The van der Waals surface area contributed by atoms with Gasteiger partial charge in [0.05, 0.1) is 22.8 Å². The van der Waals surface area contributed by atoms with E-state index >= 15 is 0 Å². The zero-order valence-electron chi connectivity index (χ0n) is 12.9. The molecule has 5 nitrogen and oxygen atoms in total. The number of ether oxygens (including phenoxy) is 1. The summed E-state index contributed by atoms with van der Waals surface area (Å²) in [5, 5.41) is 15.2. The SMILES string of the molecule is COc1ccc(NC(=O)C(C#N)=Cc2csc(C3CC3)n2)cc1Cl. The van der Waals surface area contributed by atoms with Crippen LogP contribution in [0.4, 0.5) is 5.69 Å². The van der Waals surface area contributed by atoms with E-state index in [-0.39, 0.29) is 5.57 Å². The number of rotatable bonds is 5. The number of thiazole rings is 1. The summed E-state index contributed by atoms with van der Waals surface area (Å²) in [6.07, 6.45) is 3.84. The lowest BCUT2D eigenvalue weighted by atomic mass is 10.2. The molecule has 3 rings (SSSR count). The first-order valence-electron chi connectivity index (χ1n) is 7.33. The number of carbonyl (C=O) groups excluding carboxylic acids is 1. The number of aromatic nitrogens is 1. The van der Waals surface area contributed by atoms with Crippen LogP contribution in [-0.4, -0.2) is 18.0 Å². The molecule has 1 aliphatic carbocycles. The second kappa shape index (κ2) is 7.04. The van der Waals surface area contributed by atoms with Crippen molar-refractivity contribution < 1.29 is 9.53 Å². The van der Waals surface area contributed by atoms with E-state index in [4.69, 9.17) is 16.3 Å². The molecule has 0 unspecified atom stereocenters. The normalized spacial score (nSPS) is 14.1. The van der Waals surface area contributed by atoms with E-state index in [1.165, 1.54) is 26.0 Å². The van der Waals surface area contributed by atoms with Gasteiger partial charge < -0.3 is 10.1 Å². The number of anilines is 1. The van der Waals surface area contributed by atoms with Crippen LogP contribution in [0.5, 0.6) is 5.75 Å². The molecule has 2 aromatic rings. The molecule has 1 fully saturated rings. The Morgan fingerprint density at radius 1 is 1.54 bits per heavy atom. The van der Waals surface area contributed by atoms with E-state index in [0.717, 1.165) is 5.01 Å². The summed E-state index contributed by atoms with van der Waals surface area (Å²) < 4.78 is 5.06. The quantitative estimate of drug-likeness (QED) is 0.640. The van der Waals surface area contributed by atoms with Gasteiger partial charge in [-0.05, 0) is 37.1 Å². The maximum absolute atomic E-state index is 12.3. The van der Waals surface area contributed by atoms with Gasteiger partial charge in [-0.2, -0.15) is 5.26 Å². The molecule has 1 aromatic carbocycles. The van der Waals surface area contributed by atoms with Gasteiger partial charge in [-0.1, -0.05) is 11.6 Å². The van der Waals surface area contributed by atoms with Gasteiger partial charge in [0, 0.05) is 17.0 Å². The van der Waals surface area contributed by atoms with Crippen LogP contribution in [0, 0.1) is 11.3 Å². The van der Waals surface area contributed by atoms with Crippen molar-refractivity contribution >= 4 is 40.6 Å². The van der Waals surface area contributed by atoms with Crippen LogP contribution in [-0.2, 0) is 4.79 Å². The van der Waals surface area contributed by atoms with Crippen LogP contribution in [0.25, 0.3) is 6.08 Å². The van der Waals surface area contributed by atoms with Crippen LogP contribution < -0.4 is 10.1 Å². The molecule has 7 heteroatoms. The van der Waals surface area contributed by atoms with E-state index in [9.17, 15) is 10.1 Å². The molecule has 1 aliphatic rings.